The molecule has 4 N–H and O–H groups in total. The average Bonchev–Trinajstić information content (AvgIpc) is 2.28. The van der Waals surface area contributed by atoms with Crippen molar-refractivity contribution in [2.75, 3.05) is 26.7 Å². The Hall–Kier alpha value is -0.420. The highest BCUT2D eigenvalue weighted by Crippen LogP contribution is 2.10. The first-order chi connectivity index (χ1) is 7.61. The summed E-state index contributed by atoms with van der Waals surface area (Å²) in [6, 6.07) is 8.50. The summed E-state index contributed by atoms with van der Waals surface area (Å²) in [7, 11) is 2.08. The van der Waals surface area contributed by atoms with Gasteiger partial charge in [0.1, 0.15) is 0 Å². The number of nitrogens with zero attached hydrogens (tertiary/aromatic N) is 1. The number of rotatable bonds is 6. The highest BCUT2D eigenvalue weighted by molar-refractivity contribution is 9.10. The van der Waals surface area contributed by atoms with Gasteiger partial charge in [-0.3, -0.25) is 0 Å². The number of hydrogen-bond donors (Lipinski definition) is 2. The molecule has 0 amide bonds. The predicted octanol–water partition coefficient (Wildman–Crippen LogP) is 1.21. The molecule has 0 fully saturated rings. The lowest BCUT2D eigenvalue weighted by Gasteiger charge is -2.20. The van der Waals surface area contributed by atoms with E-state index in [0.29, 0.717) is 6.54 Å². The zero-order chi connectivity index (χ0) is 12.0. The van der Waals surface area contributed by atoms with Crippen LogP contribution in [-0.4, -0.2) is 37.6 Å². The number of hydrogen-bond acceptors (Lipinski definition) is 3. The molecule has 0 heterocycles. The van der Waals surface area contributed by atoms with Crippen molar-refractivity contribution in [3.05, 3.63) is 34.3 Å². The Morgan fingerprint density at radius 3 is 2.50 bits per heavy atom. The normalized spacial score (nSPS) is 13.1. The van der Waals surface area contributed by atoms with Gasteiger partial charge in [-0.05, 0) is 31.2 Å². The molecule has 0 saturated carbocycles. The Balaban J connectivity index is 2.31. The van der Waals surface area contributed by atoms with Gasteiger partial charge in [0.15, 0.2) is 0 Å². The van der Waals surface area contributed by atoms with Gasteiger partial charge in [-0.1, -0.05) is 28.1 Å². The summed E-state index contributed by atoms with van der Waals surface area (Å²) in [6.07, 6.45) is 1.04. The van der Waals surface area contributed by atoms with E-state index < -0.39 is 0 Å². The van der Waals surface area contributed by atoms with Crippen molar-refractivity contribution in [3.8, 4) is 0 Å². The predicted molar refractivity (Wildman–Crippen MR) is 72.4 cm³/mol. The minimum atomic E-state index is 0.0786. The van der Waals surface area contributed by atoms with Crippen LogP contribution in [0.25, 0.3) is 0 Å². The molecular formula is C12H20BrN3. The standard InChI is InChI=1S/C12H20BrN3/c1-16(9-12(15)8-14)7-6-10-2-4-11(13)5-3-10/h2-5,12H,6-9,14-15H2,1H3. The average molecular weight is 286 g/mol. The monoisotopic (exact) mass is 285 g/mol. The molecule has 0 radical (unpaired) electrons. The number of halogens is 1. The Bertz CT molecular complexity index is 300. The van der Waals surface area contributed by atoms with Crippen LogP contribution >= 0.6 is 15.9 Å². The lowest BCUT2D eigenvalue weighted by Crippen LogP contribution is -2.41. The molecule has 1 unspecified atom stereocenters. The van der Waals surface area contributed by atoms with Crippen molar-refractivity contribution >= 4 is 15.9 Å². The molecule has 1 aromatic rings. The fraction of sp³-hybridized carbons (Fsp3) is 0.500. The summed E-state index contributed by atoms with van der Waals surface area (Å²) in [6.45, 7) is 2.41. The van der Waals surface area contributed by atoms with Crippen LogP contribution in [0.5, 0.6) is 0 Å². The van der Waals surface area contributed by atoms with E-state index in [-0.39, 0.29) is 6.04 Å². The zero-order valence-corrected chi connectivity index (χ0v) is 11.3. The first-order valence-electron chi connectivity index (χ1n) is 5.50. The number of likely N-dealkylation sites (N-methyl/N-ethyl adjacent to an activating group) is 1. The van der Waals surface area contributed by atoms with Gasteiger partial charge in [0.05, 0.1) is 0 Å². The van der Waals surface area contributed by atoms with Gasteiger partial charge in [0.25, 0.3) is 0 Å². The van der Waals surface area contributed by atoms with Gasteiger partial charge in [-0.25, -0.2) is 0 Å². The van der Waals surface area contributed by atoms with E-state index in [1.807, 2.05) is 0 Å². The van der Waals surface area contributed by atoms with Gasteiger partial charge in [-0.15, -0.1) is 0 Å². The quantitative estimate of drug-likeness (QED) is 0.826. The first-order valence-corrected chi connectivity index (χ1v) is 6.29. The third-order valence-corrected chi connectivity index (χ3v) is 3.07. The van der Waals surface area contributed by atoms with E-state index in [1.165, 1.54) is 5.56 Å². The van der Waals surface area contributed by atoms with Crippen molar-refractivity contribution in [2.45, 2.75) is 12.5 Å². The minimum Gasteiger partial charge on any atom is -0.329 e. The second kappa shape index (κ2) is 7.01. The SMILES string of the molecule is CN(CCc1ccc(Br)cc1)CC(N)CN. The van der Waals surface area contributed by atoms with Crippen molar-refractivity contribution in [2.24, 2.45) is 11.5 Å². The van der Waals surface area contributed by atoms with Crippen LogP contribution in [0.4, 0.5) is 0 Å². The van der Waals surface area contributed by atoms with Crippen LogP contribution < -0.4 is 11.5 Å². The van der Waals surface area contributed by atoms with Crippen LogP contribution in [0.3, 0.4) is 0 Å². The van der Waals surface area contributed by atoms with Crippen molar-refractivity contribution in [3.63, 3.8) is 0 Å². The Kier molecular flexibility index (Phi) is 5.98. The van der Waals surface area contributed by atoms with Crippen LogP contribution in [0.2, 0.25) is 0 Å². The number of benzene rings is 1. The molecule has 1 rings (SSSR count). The van der Waals surface area contributed by atoms with Crippen molar-refractivity contribution < 1.29 is 0 Å². The third-order valence-electron chi connectivity index (χ3n) is 2.54. The van der Waals surface area contributed by atoms with Gasteiger partial charge in [-0.2, -0.15) is 0 Å². The molecule has 90 valence electrons. The first kappa shape index (κ1) is 13.6. The maximum absolute atomic E-state index is 5.79. The molecule has 1 aromatic carbocycles. The Morgan fingerprint density at radius 2 is 1.94 bits per heavy atom. The third kappa shape index (κ3) is 5.07. The van der Waals surface area contributed by atoms with E-state index >= 15 is 0 Å². The molecule has 0 saturated heterocycles. The Labute approximate surface area is 106 Å². The van der Waals surface area contributed by atoms with E-state index in [0.717, 1.165) is 24.0 Å². The van der Waals surface area contributed by atoms with Gasteiger partial charge < -0.3 is 16.4 Å². The van der Waals surface area contributed by atoms with Gasteiger partial charge >= 0.3 is 0 Å². The highest BCUT2D eigenvalue weighted by Gasteiger charge is 2.04. The van der Waals surface area contributed by atoms with Gasteiger partial charge in [0, 0.05) is 30.1 Å². The van der Waals surface area contributed by atoms with E-state index in [2.05, 4.69) is 52.1 Å². The van der Waals surface area contributed by atoms with Crippen LogP contribution in [0, 0.1) is 0 Å². The topological polar surface area (TPSA) is 55.3 Å². The molecule has 16 heavy (non-hydrogen) atoms. The lowest BCUT2D eigenvalue weighted by molar-refractivity contribution is 0.316. The molecule has 0 aliphatic heterocycles. The van der Waals surface area contributed by atoms with E-state index in [9.17, 15) is 0 Å². The maximum atomic E-state index is 5.79. The second-order valence-corrected chi connectivity index (χ2v) is 5.05. The van der Waals surface area contributed by atoms with Gasteiger partial charge in [0.2, 0.25) is 0 Å². The molecule has 0 aliphatic rings. The zero-order valence-electron chi connectivity index (χ0n) is 9.70. The van der Waals surface area contributed by atoms with E-state index in [1.54, 1.807) is 0 Å². The lowest BCUT2D eigenvalue weighted by atomic mass is 10.1. The smallest absolute Gasteiger partial charge is 0.0292 e. The van der Waals surface area contributed by atoms with Crippen molar-refractivity contribution in [1.82, 2.24) is 4.90 Å². The molecule has 0 spiro atoms. The summed E-state index contributed by atoms with van der Waals surface area (Å²) in [4.78, 5) is 2.22. The van der Waals surface area contributed by atoms with E-state index in [4.69, 9.17) is 11.5 Å². The number of nitrogens with two attached hydrogens (primary N) is 2. The minimum absolute atomic E-state index is 0.0786. The molecular weight excluding hydrogens is 266 g/mol. The van der Waals surface area contributed by atoms with Crippen LogP contribution in [0.15, 0.2) is 28.7 Å². The summed E-state index contributed by atoms with van der Waals surface area (Å²) in [5.74, 6) is 0. The molecule has 4 heteroatoms. The van der Waals surface area contributed by atoms with Crippen LogP contribution in [-0.2, 0) is 6.42 Å². The Morgan fingerprint density at radius 1 is 1.31 bits per heavy atom. The maximum Gasteiger partial charge on any atom is 0.0292 e. The van der Waals surface area contributed by atoms with Crippen molar-refractivity contribution in [1.29, 1.82) is 0 Å². The molecule has 3 nitrogen and oxygen atoms in total. The molecule has 0 bridgehead atoms. The molecule has 0 aromatic heterocycles. The fourth-order valence-corrected chi connectivity index (χ4v) is 1.80. The largest absolute Gasteiger partial charge is 0.329 e. The molecule has 0 aliphatic carbocycles. The summed E-state index contributed by atoms with van der Waals surface area (Å²) >= 11 is 3.43. The van der Waals surface area contributed by atoms with Crippen LogP contribution in [0.1, 0.15) is 5.56 Å². The highest BCUT2D eigenvalue weighted by atomic mass is 79.9. The molecule has 1 atom stereocenters. The fourth-order valence-electron chi connectivity index (χ4n) is 1.54. The summed E-state index contributed by atoms with van der Waals surface area (Å²) in [5, 5.41) is 0. The summed E-state index contributed by atoms with van der Waals surface area (Å²) in [5.41, 5.74) is 12.6. The second-order valence-electron chi connectivity index (χ2n) is 4.13. The summed E-state index contributed by atoms with van der Waals surface area (Å²) < 4.78 is 1.12.